The van der Waals surface area contributed by atoms with Crippen molar-refractivity contribution in [2.24, 2.45) is 0 Å². The first-order valence-electron chi connectivity index (χ1n) is 5.06. The van der Waals surface area contributed by atoms with Crippen LogP contribution in [-0.4, -0.2) is 16.3 Å². The number of hydrogen-bond acceptors (Lipinski definition) is 3. The van der Waals surface area contributed by atoms with Gasteiger partial charge in [0.15, 0.2) is 0 Å². The molecule has 3 nitrogen and oxygen atoms in total. The summed E-state index contributed by atoms with van der Waals surface area (Å²) in [7, 11) is 0. The van der Waals surface area contributed by atoms with E-state index >= 15 is 0 Å². The third-order valence-corrected chi connectivity index (χ3v) is 2.52. The van der Waals surface area contributed by atoms with Gasteiger partial charge in [-0.2, -0.15) is 0 Å². The molecule has 0 aliphatic carbocycles. The van der Waals surface area contributed by atoms with Crippen molar-refractivity contribution in [2.75, 3.05) is 0 Å². The maximum absolute atomic E-state index is 10.6. The molecule has 0 radical (unpaired) electrons. The van der Waals surface area contributed by atoms with E-state index < -0.39 is 0 Å². The number of rotatable bonds is 2. The standard InChI is InChI=1S/C13H12N2O/c1-9-7-11(8-16)3-4-12(9)13-10(2)14-5-6-15-13/h3-8H,1-2H3. The summed E-state index contributed by atoms with van der Waals surface area (Å²) in [6.07, 6.45) is 4.20. The summed E-state index contributed by atoms with van der Waals surface area (Å²) in [5, 5.41) is 0. The van der Waals surface area contributed by atoms with Gasteiger partial charge >= 0.3 is 0 Å². The lowest BCUT2D eigenvalue weighted by molar-refractivity contribution is 0.112. The second-order valence-corrected chi connectivity index (χ2v) is 3.68. The molecule has 0 unspecified atom stereocenters. The lowest BCUT2D eigenvalue weighted by Gasteiger charge is -2.07. The summed E-state index contributed by atoms with van der Waals surface area (Å²) in [6.45, 7) is 3.89. The van der Waals surface area contributed by atoms with E-state index in [1.54, 1.807) is 18.5 Å². The van der Waals surface area contributed by atoms with Crippen molar-refractivity contribution in [1.82, 2.24) is 9.97 Å². The molecular formula is C13H12N2O. The summed E-state index contributed by atoms with van der Waals surface area (Å²) in [4.78, 5) is 19.2. The normalized spacial score (nSPS) is 10.1. The van der Waals surface area contributed by atoms with E-state index in [0.29, 0.717) is 5.56 Å². The first kappa shape index (κ1) is 10.5. The molecule has 1 heterocycles. The van der Waals surface area contributed by atoms with Gasteiger partial charge in [-0.15, -0.1) is 0 Å². The van der Waals surface area contributed by atoms with Crippen molar-refractivity contribution in [3.8, 4) is 11.3 Å². The average molecular weight is 212 g/mol. The van der Waals surface area contributed by atoms with Gasteiger partial charge in [0.25, 0.3) is 0 Å². The van der Waals surface area contributed by atoms with Crippen molar-refractivity contribution >= 4 is 6.29 Å². The maximum atomic E-state index is 10.6. The first-order valence-corrected chi connectivity index (χ1v) is 5.06. The van der Waals surface area contributed by atoms with E-state index in [4.69, 9.17) is 0 Å². The van der Waals surface area contributed by atoms with Crippen LogP contribution in [0.1, 0.15) is 21.6 Å². The Labute approximate surface area is 94.2 Å². The Balaban J connectivity index is 2.57. The molecule has 0 N–H and O–H groups in total. The third-order valence-electron chi connectivity index (χ3n) is 2.52. The smallest absolute Gasteiger partial charge is 0.150 e. The summed E-state index contributed by atoms with van der Waals surface area (Å²) in [5.74, 6) is 0. The van der Waals surface area contributed by atoms with Gasteiger partial charge in [0.05, 0.1) is 11.4 Å². The molecular weight excluding hydrogens is 200 g/mol. The number of benzene rings is 1. The van der Waals surface area contributed by atoms with Crippen LogP contribution in [0.15, 0.2) is 30.6 Å². The van der Waals surface area contributed by atoms with Crippen molar-refractivity contribution in [2.45, 2.75) is 13.8 Å². The van der Waals surface area contributed by atoms with Crippen molar-refractivity contribution in [3.63, 3.8) is 0 Å². The molecule has 1 aromatic carbocycles. The molecule has 0 spiro atoms. The summed E-state index contributed by atoms with van der Waals surface area (Å²) in [6, 6.07) is 5.57. The number of aromatic nitrogens is 2. The second-order valence-electron chi connectivity index (χ2n) is 3.68. The van der Waals surface area contributed by atoms with Crippen LogP contribution in [0.2, 0.25) is 0 Å². The fourth-order valence-electron chi connectivity index (χ4n) is 1.70. The van der Waals surface area contributed by atoms with Crippen LogP contribution in [-0.2, 0) is 0 Å². The topological polar surface area (TPSA) is 42.9 Å². The lowest BCUT2D eigenvalue weighted by Crippen LogP contribution is -1.94. The molecule has 3 heteroatoms. The molecule has 0 amide bonds. The first-order chi connectivity index (χ1) is 7.72. The Kier molecular flexibility index (Phi) is 2.77. The molecule has 0 aliphatic rings. The number of hydrogen-bond donors (Lipinski definition) is 0. The Morgan fingerprint density at radius 3 is 2.50 bits per heavy atom. The largest absolute Gasteiger partial charge is 0.298 e. The third kappa shape index (κ3) is 1.84. The van der Waals surface area contributed by atoms with Crippen LogP contribution in [0.4, 0.5) is 0 Å². The fraction of sp³-hybridized carbons (Fsp3) is 0.154. The van der Waals surface area contributed by atoms with Gasteiger partial charge in [0, 0.05) is 23.5 Å². The van der Waals surface area contributed by atoms with Crippen LogP contribution in [0.25, 0.3) is 11.3 Å². The quantitative estimate of drug-likeness (QED) is 0.718. The maximum Gasteiger partial charge on any atom is 0.150 e. The molecule has 0 bridgehead atoms. The Morgan fingerprint density at radius 1 is 1.12 bits per heavy atom. The minimum atomic E-state index is 0.683. The second kappa shape index (κ2) is 4.23. The van der Waals surface area contributed by atoms with Crippen LogP contribution in [0.5, 0.6) is 0 Å². The highest BCUT2D eigenvalue weighted by Crippen LogP contribution is 2.23. The van der Waals surface area contributed by atoms with Crippen molar-refractivity contribution < 1.29 is 4.79 Å². The van der Waals surface area contributed by atoms with Gasteiger partial charge in [-0.1, -0.05) is 12.1 Å². The van der Waals surface area contributed by atoms with Gasteiger partial charge in [-0.05, 0) is 25.5 Å². The highest BCUT2D eigenvalue weighted by Gasteiger charge is 2.07. The molecule has 1 aromatic heterocycles. The zero-order valence-electron chi connectivity index (χ0n) is 9.27. The molecule has 0 saturated carbocycles. The predicted octanol–water partition coefficient (Wildman–Crippen LogP) is 2.57. The van der Waals surface area contributed by atoms with E-state index in [0.717, 1.165) is 28.8 Å². The van der Waals surface area contributed by atoms with Gasteiger partial charge < -0.3 is 0 Å². The average Bonchev–Trinajstić information content (AvgIpc) is 2.30. The molecule has 80 valence electrons. The van der Waals surface area contributed by atoms with Crippen molar-refractivity contribution in [3.05, 3.63) is 47.4 Å². The van der Waals surface area contributed by atoms with Crippen LogP contribution in [0.3, 0.4) is 0 Å². The Morgan fingerprint density at radius 2 is 1.88 bits per heavy atom. The van der Waals surface area contributed by atoms with E-state index in [-0.39, 0.29) is 0 Å². The molecule has 0 fully saturated rings. The number of carbonyl (C=O) groups is 1. The van der Waals surface area contributed by atoms with E-state index in [1.807, 2.05) is 26.0 Å². The Bertz CT molecular complexity index is 535. The minimum absolute atomic E-state index is 0.683. The highest BCUT2D eigenvalue weighted by atomic mass is 16.1. The summed E-state index contributed by atoms with van der Waals surface area (Å²) >= 11 is 0. The van der Waals surface area contributed by atoms with Crippen LogP contribution >= 0.6 is 0 Å². The van der Waals surface area contributed by atoms with Gasteiger partial charge in [-0.3, -0.25) is 14.8 Å². The molecule has 2 rings (SSSR count). The zero-order valence-corrected chi connectivity index (χ0v) is 9.27. The van der Waals surface area contributed by atoms with Crippen LogP contribution in [0, 0.1) is 13.8 Å². The SMILES string of the molecule is Cc1cc(C=O)ccc1-c1nccnc1C. The number of carbonyl (C=O) groups excluding carboxylic acids is 1. The van der Waals surface area contributed by atoms with Crippen molar-refractivity contribution in [1.29, 1.82) is 0 Å². The van der Waals surface area contributed by atoms with Gasteiger partial charge in [0.2, 0.25) is 0 Å². The van der Waals surface area contributed by atoms with Gasteiger partial charge in [-0.25, -0.2) is 0 Å². The minimum Gasteiger partial charge on any atom is -0.298 e. The molecule has 0 aliphatic heterocycles. The number of aryl methyl sites for hydroxylation is 2. The zero-order chi connectivity index (χ0) is 11.5. The summed E-state index contributed by atoms with van der Waals surface area (Å²) < 4.78 is 0. The highest BCUT2D eigenvalue weighted by molar-refractivity contribution is 5.78. The number of nitrogens with zero attached hydrogens (tertiary/aromatic N) is 2. The van der Waals surface area contributed by atoms with E-state index in [1.165, 1.54) is 0 Å². The van der Waals surface area contributed by atoms with Crippen LogP contribution < -0.4 is 0 Å². The fourth-order valence-corrected chi connectivity index (χ4v) is 1.70. The molecule has 2 aromatic rings. The lowest BCUT2D eigenvalue weighted by atomic mass is 10.0. The molecule has 0 saturated heterocycles. The monoisotopic (exact) mass is 212 g/mol. The number of aldehydes is 1. The predicted molar refractivity (Wildman–Crippen MR) is 62.3 cm³/mol. The van der Waals surface area contributed by atoms with Gasteiger partial charge in [0.1, 0.15) is 6.29 Å². The summed E-state index contributed by atoms with van der Waals surface area (Å²) in [5.41, 5.74) is 4.51. The van der Waals surface area contributed by atoms with E-state index in [2.05, 4.69) is 9.97 Å². The van der Waals surface area contributed by atoms with E-state index in [9.17, 15) is 4.79 Å². The molecule has 16 heavy (non-hydrogen) atoms. The Hall–Kier alpha value is -2.03. The molecule has 0 atom stereocenters.